The van der Waals surface area contributed by atoms with Gasteiger partial charge in [0.1, 0.15) is 5.82 Å². The summed E-state index contributed by atoms with van der Waals surface area (Å²) in [5.74, 6) is 2.85. The summed E-state index contributed by atoms with van der Waals surface area (Å²) in [6.07, 6.45) is 7.10. The first-order valence-corrected chi connectivity index (χ1v) is 11.2. The van der Waals surface area contributed by atoms with Crippen molar-refractivity contribution in [2.75, 3.05) is 44.2 Å². The lowest BCUT2D eigenvalue weighted by Crippen LogP contribution is -2.44. The van der Waals surface area contributed by atoms with Crippen LogP contribution in [0.25, 0.3) is 0 Å². The molecule has 3 rings (SSSR count). The van der Waals surface area contributed by atoms with Crippen LogP contribution in [0.4, 0.5) is 5.82 Å². The van der Waals surface area contributed by atoms with E-state index in [4.69, 9.17) is 9.98 Å². The number of nitrogens with one attached hydrogen (secondary N) is 2. The van der Waals surface area contributed by atoms with E-state index in [0.29, 0.717) is 12.6 Å². The lowest BCUT2D eigenvalue weighted by molar-refractivity contribution is 0.267. The molecule has 0 saturated carbocycles. The van der Waals surface area contributed by atoms with Crippen LogP contribution in [0.1, 0.15) is 52.0 Å². The molecule has 1 atom stereocenters. The summed E-state index contributed by atoms with van der Waals surface area (Å²) < 4.78 is 0. The number of pyridine rings is 1. The normalized spacial score (nSPS) is 21.9. The van der Waals surface area contributed by atoms with E-state index in [2.05, 4.69) is 53.3 Å². The molecule has 1 unspecified atom stereocenters. The molecule has 1 aromatic heterocycles. The molecule has 0 bridgehead atoms. The third-order valence-corrected chi connectivity index (χ3v) is 6.09. The van der Waals surface area contributed by atoms with Crippen molar-refractivity contribution >= 4 is 11.8 Å². The Kier molecular flexibility index (Phi) is 7.95. The number of anilines is 1. The van der Waals surface area contributed by atoms with Gasteiger partial charge in [0.25, 0.3) is 0 Å². The van der Waals surface area contributed by atoms with Gasteiger partial charge in [0, 0.05) is 38.4 Å². The Morgan fingerprint density at radius 1 is 1.14 bits per heavy atom. The fourth-order valence-corrected chi connectivity index (χ4v) is 4.20. The summed E-state index contributed by atoms with van der Waals surface area (Å²) in [5, 5.41) is 6.90. The van der Waals surface area contributed by atoms with Gasteiger partial charge in [-0.05, 0) is 63.2 Å². The van der Waals surface area contributed by atoms with E-state index in [9.17, 15) is 0 Å². The largest absolute Gasteiger partial charge is 0.357 e. The van der Waals surface area contributed by atoms with Gasteiger partial charge in [0.15, 0.2) is 5.96 Å². The Bertz CT molecular complexity index is 606. The molecule has 28 heavy (non-hydrogen) atoms. The fraction of sp³-hybridized carbons (Fsp3) is 0.727. The molecule has 2 N–H and O–H groups in total. The van der Waals surface area contributed by atoms with E-state index in [1.165, 1.54) is 32.2 Å². The van der Waals surface area contributed by atoms with Gasteiger partial charge >= 0.3 is 0 Å². The van der Waals surface area contributed by atoms with Crippen molar-refractivity contribution in [2.24, 2.45) is 10.9 Å². The quantitative estimate of drug-likeness (QED) is 0.557. The number of likely N-dealkylation sites (tertiary alicyclic amines) is 1. The van der Waals surface area contributed by atoms with E-state index in [-0.39, 0.29) is 0 Å². The molecule has 3 heterocycles. The molecule has 0 aliphatic carbocycles. The molecule has 0 spiro atoms. The molecular weight excluding hydrogens is 348 g/mol. The Morgan fingerprint density at radius 3 is 2.64 bits per heavy atom. The van der Waals surface area contributed by atoms with Crippen molar-refractivity contribution in [3.63, 3.8) is 0 Å². The molecule has 2 saturated heterocycles. The molecule has 2 fully saturated rings. The predicted molar refractivity (Wildman–Crippen MR) is 118 cm³/mol. The summed E-state index contributed by atoms with van der Waals surface area (Å²) in [6, 6.07) is 4.95. The number of guanidine groups is 1. The van der Waals surface area contributed by atoms with E-state index in [0.717, 1.165) is 56.0 Å². The first kappa shape index (κ1) is 20.9. The molecule has 0 radical (unpaired) electrons. The summed E-state index contributed by atoms with van der Waals surface area (Å²) in [5.41, 5.74) is 1.15. The van der Waals surface area contributed by atoms with Crippen LogP contribution in [-0.2, 0) is 6.54 Å². The van der Waals surface area contributed by atoms with Gasteiger partial charge in [0.05, 0.1) is 6.54 Å². The SMILES string of the molecule is CCNC(=NCc1ccc(N2CCC(C)CC2)nc1)NCC1CCCN1CC. The van der Waals surface area contributed by atoms with E-state index >= 15 is 0 Å². The van der Waals surface area contributed by atoms with Crippen LogP contribution in [0.5, 0.6) is 0 Å². The van der Waals surface area contributed by atoms with Crippen LogP contribution in [-0.4, -0.2) is 61.2 Å². The molecular formula is C22H38N6. The highest BCUT2D eigenvalue weighted by atomic mass is 15.2. The third kappa shape index (κ3) is 5.84. The summed E-state index contributed by atoms with van der Waals surface area (Å²) >= 11 is 0. The topological polar surface area (TPSA) is 55.8 Å². The zero-order chi connectivity index (χ0) is 19.8. The zero-order valence-electron chi connectivity index (χ0n) is 18.0. The highest BCUT2D eigenvalue weighted by molar-refractivity contribution is 5.79. The molecule has 0 aromatic carbocycles. The lowest BCUT2D eigenvalue weighted by atomic mass is 9.99. The molecule has 6 nitrogen and oxygen atoms in total. The van der Waals surface area contributed by atoms with Gasteiger partial charge in [-0.1, -0.05) is 19.9 Å². The Balaban J connectivity index is 1.52. The summed E-state index contributed by atoms with van der Waals surface area (Å²) in [7, 11) is 0. The Hall–Kier alpha value is -1.82. The van der Waals surface area contributed by atoms with Crippen molar-refractivity contribution in [3.05, 3.63) is 23.9 Å². The van der Waals surface area contributed by atoms with Crippen molar-refractivity contribution in [1.82, 2.24) is 20.5 Å². The second-order valence-corrected chi connectivity index (χ2v) is 8.19. The van der Waals surface area contributed by atoms with Crippen LogP contribution < -0.4 is 15.5 Å². The highest BCUT2D eigenvalue weighted by Gasteiger charge is 2.22. The molecule has 156 valence electrons. The fourth-order valence-electron chi connectivity index (χ4n) is 4.20. The van der Waals surface area contributed by atoms with Crippen molar-refractivity contribution < 1.29 is 0 Å². The number of hydrogen-bond donors (Lipinski definition) is 2. The van der Waals surface area contributed by atoms with Gasteiger partial charge in [-0.25, -0.2) is 9.98 Å². The molecule has 0 amide bonds. The van der Waals surface area contributed by atoms with Crippen LogP contribution in [0, 0.1) is 5.92 Å². The average Bonchev–Trinajstić information content (AvgIpc) is 3.19. The number of piperidine rings is 1. The summed E-state index contributed by atoms with van der Waals surface area (Å²) in [6.45, 7) is 13.8. The molecule has 1 aromatic rings. The van der Waals surface area contributed by atoms with E-state index < -0.39 is 0 Å². The van der Waals surface area contributed by atoms with Gasteiger partial charge in [-0.3, -0.25) is 4.90 Å². The predicted octanol–water partition coefficient (Wildman–Crippen LogP) is 2.86. The maximum atomic E-state index is 4.77. The number of aliphatic imine (C=N–C) groups is 1. The van der Waals surface area contributed by atoms with Gasteiger partial charge in [-0.2, -0.15) is 0 Å². The number of hydrogen-bond acceptors (Lipinski definition) is 4. The van der Waals surface area contributed by atoms with Crippen molar-refractivity contribution in [2.45, 2.75) is 59.0 Å². The lowest BCUT2D eigenvalue weighted by Gasteiger charge is -2.31. The monoisotopic (exact) mass is 386 g/mol. The number of nitrogens with zero attached hydrogens (tertiary/aromatic N) is 4. The van der Waals surface area contributed by atoms with Crippen LogP contribution >= 0.6 is 0 Å². The minimum absolute atomic E-state index is 0.627. The maximum absolute atomic E-state index is 4.77. The standard InChI is InChI=1S/C22H38N6/c1-4-23-22(26-17-20-7-6-12-27(20)5-2)25-16-19-8-9-21(24-15-19)28-13-10-18(3)11-14-28/h8-9,15,18,20H,4-7,10-14,16-17H2,1-3H3,(H2,23,25,26). The van der Waals surface area contributed by atoms with Gasteiger partial charge < -0.3 is 15.5 Å². The Labute approximate surface area is 170 Å². The Morgan fingerprint density at radius 2 is 1.96 bits per heavy atom. The average molecular weight is 387 g/mol. The van der Waals surface area contributed by atoms with E-state index in [1.807, 2.05) is 6.20 Å². The van der Waals surface area contributed by atoms with Crippen LogP contribution in [0.15, 0.2) is 23.3 Å². The molecule has 2 aliphatic rings. The smallest absolute Gasteiger partial charge is 0.191 e. The molecule has 6 heteroatoms. The second kappa shape index (κ2) is 10.6. The minimum atomic E-state index is 0.627. The zero-order valence-corrected chi connectivity index (χ0v) is 18.0. The van der Waals surface area contributed by atoms with E-state index in [1.54, 1.807) is 0 Å². The number of rotatable bonds is 7. The molecule has 2 aliphatic heterocycles. The maximum Gasteiger partial charge on any atom is 0.191 e. The van der Waals surface area contributed by atoms with Crippen molar-refractivity contribution in [3.8, 4) is 0 Å². The second-order valence-electron chi connectivity index (χ2n) is 8.19. The van der Waals surface area contributed by atoms with Crippen LogP contribution in [0.3, 0.4) is 0 Å². The summed E-state index contributed by atoms with van der Waals surface area (Å²) in [4.78, 5) is 14.4. The highest BCUT2D eigenvalue weighted by Crippen LogP contribution is 2.21. The van der Waals surface area contributed by atoms with Crippen LogP contribution in [0.2, 0.25) is 0 Å². The first-order chi connectivity index (χ1) is 13.7. The first-order valence-electron chi connectivity index (χ1n) is 11.2. The van der Waals surface area contributed by atoms with Crippen molar-refractivity contribution in [1.29, 1.82) is 0 Å². The minimum Gasteiger partial charge on any atom is -0.357 e. The number of likely N-dealkylation sites (N-methyl/N-ethyl adjacent to an activating group) is 1. The van der Waals surface area contributed by atoms with Gasteiger partial charge in [-0.15, -0.1) is 0 Å². The number of aromatic nitrogens is 1. The van der Waals surface area contributed by atoms with Gasteiger partial charge in [0.2, 0.25) is 0 Å². The third-order valence-electron chi connectivity index (χ3n) is 6.09.